The Morgan fingerprint density at radius 3 is 2.63 bits per heavy atom. The molecule has 0 radical (unpaired) electrons. The molecule has 4 rings (SSSR count). The molecule has 27 heavy (non-hydrogen) atoms. The number of methoxy groups -OCH3 is 1. The molecule has 2 aromatic heterocycles. The Morgan fingerprint density at radius 2 is 1.93 bits per heavy atom. The van der Waals surface area contributed by atoms with E-state index in [-0.39, 0.29) is 5.91 Å². The van der Waals surface area contributed by atoms with E-state index in [1.165, 1.54) is 11.3 Å². The van der Waals surface area contributed by atoms with Crippen molar-refractivity contribution >= 4 is 34.3 Å². The van der Waals surface area contributed by atoms with Gasteiger partial charge in [0.1, 0.15) is 15.6 Å². The molecule has 1 aliphatic heterocycles. The third-order valence-corrected chi connectivity index (χ3v) is 6.63. The van der Waals surface area contributed by atoms with Crippen molar-refractivity contribution in [3.63, 3.8) is 0 Å². The molecular formula is C20H21N3O2S2. The van der Waals surface area contributed by atoms with Crippen LogP contribution in [0.15, 0.2) is 41.1 Å². The Labute approximate surface area is 166 Å². The van der Waals surface area contributed by atoms with Crippen LogP contribution in [0, 0.1) is 6.92 Å². The van der Waals surface area contributed by atoms with Gasteiger partial charge < -0.3 is 14.5 Å². The molecule has 1 fully saturated rings. The maximum Gasteiger partial charge on any atom is 0.265 e. The third-order valence-electron chi connectivity index (χ3n) is 4.75. The van der Waals surface area contributed by atoms with Crippen LogP contribution in [0.1, 0.15) is 15.4 Å². The van der Waals surface area contributed by atoms with Gasteiger partial charge in [-0.3, -0.25) is 4.79 Å². The normalized spacial score (nSPS) is 14.4. The maximum atomic E-state index is 13.0. The molecule has 3 heterocycles. The average Bonchev–Trinajstić information content (AvgIpc) is 3.37. The van der Waals surface area contributed by atoms with Gasteiger partial charge in [0.25, 0.3) is 5.91 Å². The van der Waals surface area contributed by atoms with Crippen molar-refractivity contribution in [3.05, 3.63) is 51.7 Å². The minimum Gasteiger partial charge on any atom is -0.495 e. The summed E-state index contributed by atoms with van der Waals surface area (Å²) >= 11 is 3.14. The summed E-state index contributed by atoms with van der Waals surface area (Å²) in [4.78, 5) is 22.6. The predicted octanol–water partition coefficient (Wildman–Crippen LogP) is 4.15. The number of rotatable bonds is 4. The van der Waals surface area contributed by atoms with Crippen molar-refractivity contribution in [3.8, 4) is 16.3 Å². The third kappa shape index (κ3) is 3.57. The molecule has 0 aliphatic carbocycles. The van der Waals surface area contributed by atoms with Gasteiger partial charge in [0, 0.05) is 37.1 Å². The van der Waals surface area contributed by atoms with E-state index in [0.29, 0.717) is 13.1 Å². The average molecular weight is 400 g/mol. The number of carbonyl (C=O) groups is 1. The number of piperazine rings is 1. The zero-order valence-corrected chi connectivity index (χ0v) is 17.0. The lowest BCUT2D eigenvalue weighted by molar-refractivity contribution is 0.0750. The van der Waals surface area contributed by atoms with Crippen LogP contribution >= 0.6 is 22.7 Å². The van der Waals surface area contributed by atoms with Gasteiger partial charge in [0.05, 0.1) is 18.5 Å². The van der Waals surface area contributed by atoms with Gasteiger partial charge in [-0.05, 0) is 30.5 Å². The van der Waals surface area contributed by atoms with Crippen LogP contribution in [0.4, 0.5) is 5.69 Å². The van der Waals surface area contributed by atoms with Crippen molar-refractivity contribution in [1.29, 1.82) is 0 Å². The number of benzene rings is 1. The van der Waals surface area contributed by atoms with E-state index >= 15 is 0 Å². The van der Waals surface area contributed by atoms with Crippen LogP contribution in [0.25, 0.3) is 10.6 Å². The first-order valence-electron chi connectivity index (χ1n) is 8.84. The van der Waals surface area contributed by atoms with Crippen molar-refractivity contribution in [1.82, 2.24) is 9.88 Å². The highest BCUT2D eigenvalue weighted by molar-refractivity contribution is 7.17. The maximum absolute atomic E-state index is 13.0. The second-order valence-corrected chi connectivity index (χ2v) is 8.18. The van der Waals surface area contributed by atoms with Crippen LogP contribution in [0.5, 0.6) is 5.75 Å². The summed E-state index contributed by atoms with van der Waals surface area (Å²) < 4.78 is 5.47. The predicted molar refractivity (Wildman–Crippen MR) is 111 cm³/mol. The first-order chi connectivity index (χ1) is 13.2. The second kappa shape index (κ2) is 7.70. The zero-order chi connectivity index (χ0) is 18.8. The van der Waals surface area contributed by atoms with E-state index in [1.807, 2.05) is 41.5 Å². The summed E-state index contributed by atoms with van der Waals surface area (Å²) in [6.45, 7) is 4.90. The molecule has 0 unspecified atom stereocenters. The quantitative estimate of drug-likeness (QED) is 0.661. The fraction of sp³-hybridized carbons (Fsp3) is 0.300. The van der Waals surface area contributed by atoms with Crippen molar-refractivity contribution in [2.24, 2.45) is 0 Å². The fourth-order valence-corrected chi connectivity index (χ4v) is 5.04. The van der Waals surface area contributed by atoms with Crippen molar-refractivity contribution in [2.45, 2.75) is 6.92 Å². The molecular weight excluding hydrogens is 378 g/mol. The molecule has 1 amide bonds. The lowest BCUT2D eigenvalue weighted by Crippen LogP contribution is -2.48. The lowest BCUT2D eigenvalue weighted by Gasteiger charge is -2.36. The largest absolute Gasteiger partial charge is 0.495 e. The number of hydrogen-bond acceptors (Lipinski definition) is 6. The molecule has 0 bridgehead atoms. The second-order valence-electron chi connectivity index (χ2n) is 6.40. The van der Waals surface area contributed by atoms with Gasteiger partial charge in [-0.2, -0.15) is 11.3 Å². The molecule has 1 saturated heterocycles. The van der Waals surface area contributed by atoms with Crippen LogP contribution in [-0.4, -0.2) is 49.1 Å². The zero-order valence-electron chi connectivity index (χ0n) is 15.3. The fourth-order valence-electron chi connectivity index (χ4n) is 3.29. The van der Waals surface area contributed by atoms with Crippen LogP contribution < -0.4 is 9.64 Å². The summed E-state index contributed by atoms with van der Waals surface area (Å²) in [6, 6.07) is 10.1. The number of carbonyl (C=O) groups excluding carboxylic acids is 1. The Morgan fingerprint density at radius 1 is 1.15 bits per heavy atom. The first kappa shape index (κ1) is 18.0. The van der Waals surface area contributed by atoms with E-state index < -0.39 is 0 Å². The number of thiophene rings is 1. The molecule has 0 saturated carbocycles. The van der Waals surface area contributed by atoms with Crippen LogP contribution in [0.3, 0.4) is 0 Å². The molecule has 1 aromatic carbocycles. The summed E-state index contributed by atoms with van der Waals surface area (Å²) in [7, 11) is 1.69. The molecule has 0 N–H and O–H groups in total. The number of hydrogen-bond donors (Lipinski definition) is 0. The Hall–Kier alpha value is -2.38. The summed E-state index contributed by atoms with van der Waals surface area (Å²) in [5, 5.41) is 5.02. The number of anilines is 1. The Balaban J connectivity index is 1.46. The summed E-state index contributed by atoms with van der Waals surface area (Å²) in [5.74, 6) is 0.960. The smallest absolute Gasteiger partial charge is 0.265 e. The topological polar surface area (TPSA) is 45.7 Å². The molecule has 7 heteroatoms. The van der Waals surface area contributed by atoms with E-state index in [9.17, 15) is 4.79 Å². The van der Waals surface area contributed by atoms with Crippen LogP contribution in [-0.2, 0) is 0 Å². The number of para-hydroxylation sites is 2. The minimum absolute atomic E-state index is 0.0890. The monoisotopic (exact) mass is 399 g/mol. The Bertz CT molecular complexity index is 929. The van der Waals surface area contributed by atoms with E-state index in [0.717, 1.165) is 45.7 Å². The molecule has 5 nitrogen and oxygen atoms in total. The number of ether oxygens (including phenoxy) is 1. The highest BCUT2D eigenvalue weighted by Crippen LogP contribution is 2.31. The number of aryl methyl sites for hydroxylation is 1. The van der Waals surface area contributed by atoms with Crippen LogP contribution in [0.2, 0.25) is 0 Å². The molecule has 3 aromatic rings. The van der Waals surface area contributed by atoms with E-state index in [2.05, 4.69) is 21.3 Å². The SMILES string of the molecule is COc1ccccc1N1CCN(C(=O)c2sc(-c3ccsc3)nc2C)CC1. The van der Waals surface area contributed by atoms with Crippen molar-refractivity contribution in [2.75, 3.05) is 38.2 Å². The highest BCUT2D eigenvalue weighted by atomic mass is 32.1. The number of amides is 1. The number of aromatic nitrogens is 1. The number of nitrogens with zero attached hydrogens (tertiary/aromatic N) is 3. The van der Waals surface area contributed by atoms with Gasteiger partial charge in [-0.25, -0.2) is 4.98 Å². The molecule has 140 valence electrons. The van der Waals surface area contributed by atoms with Gasteiger partial charge in [-0.15, -0.1) is 11.3 Å². The van der Waals surface area contributed by atoms with Gasteiger partial charge in [0.2, 0.25) is 0 Å². The Kier molecular flexibility index (Phi) is 5.13. The van der Waals surface area contributed by atoms with Gasteiger partial charge in [-0.1, -0.05) is 12.1 Å². The van der Waals surface area contributed by atoms with Gasteiger partial charge in [0.15, 0.2) is 0 Å². The van der Waals surface area contributed by atoms with E-state index in [4.69, 9.17) is 4.74 Å². The molecule has 0 atom stereocenters. The molecule has 0 spiro atoms. The highest BCUT2D eigenvalue weighted by Gasteiger charge is 2.26. The lowest BCUT2D eigenvalue weighted by atomic mass is 10.2. The molecule has 1 aliphatic rings. The summed E-state index contributed by atoms with van der Waals surface area (Å²) in [5.41, 5.74) is 2.99. The standard InChI is InChI=1S/C20H21N3O2S2/c1-14-18(27-19(21-14)15-7-12-26-13-15)20(24)23-10-8-22(9-11-23)16-5-3-4-6-17(16)25-2/h3-7,12-13H,8-11H2,1-2H3. The minimum atomic E-state index is 0.0890. The first-order valence-corrected chi connectivity index (χ1v) is 10.6. The summed E-state index contributed by atoms with van der Waals surface area (Å²) in [6.07, 6.45) is 0. The van der Waals surface area contributed by atoms with Gasteiger partial charge >= 0.3 is 0 Å². The van der Waals surface area contributed by atoms with Crippen molar-refractivity contribution < 1.29 is 9.53 Å². The number of thiazole rings is 1. The van der Waals surface area contributed by atoms with E-state index in [1.54, 1.807) is 18.4 Å².